The van der Waals surface area contributed by atoms with Gasteiger partial charge in [0.25, 0.3) is 5.91 Å². The number of halogens is 1. The molecule has 0 spiro atoms. The van der Waals surface area contributed by atoms with Crippen LogP contribution >= 0.6 is 0 Å². The Balaban J connectivity index is 1.46. The highest BCUT2D eigenvalue weighted by Gasteiger charge is 2.31. The number of fused-ring (bicyclic) bond motifs is 2. The number of carbonyl (C=O) groups excluding carboxylic acids is 1. The maximum absolute atomic E-state index is 14.8. The number of hydrogen-bond donors (Lipinski definition) is 3. The van der Waals surface area contributed by atoms with Crippen molar-refractivity contribution in [2.24, 2.45) is 0 Å². The summed E-state index contributed by atoms with van der Waals surface area (Å²) in [5.74, 6) is 0.218. The highest BCUT2D eigenvalue weighted by Crippen LogP contribution is 2.35. The van der Waals surface area contributed by atoms with Crippen molar-refractivity contribution in [2.45, 2.75) is 30.8 Å². The smallest absolute Gasteiger partial charge is 0.257 e. The normalized spacial score (nSPS) is 24.4. The summed E-state index contributed by atoms with van der Waals surface area (Å²) in [7, 11) is 1.76. The van der Waals surface area contributed by atoms with E-state index in [4.69, 9.17) is 14.5 Å². The molecule has 188 valence electrons. The third kappa shape index (κ3) is 3.77. The minimum absolute atomic E-state index is 0.0512. The number of aromatic nitrogens is 5. The highest BCUT2D eigenvalue weighted by molar-refractivity contribution is 6.01. The fraction of sp³-hybridized carbons (Fsp3) is 0.417. The van der Waals surface area contributed by atoms with Crippen molar-refractivity contribution in [3.8, 4) is 11.3 Å². The van der Waals surface area contributed by atoms with E-state index < -0.39 is 30.3 Å². The van der Waals surface area contributed by atoms with Gasteiger partial charge in [-0.25, -0.2) is 14.4 Å². The number of aliphatic hydroxyl groups excluding tert-OH is 1. The monoisotopic (exact) mass is 495 g/mol. The quantitative estimate of drug-likeness (QED) is 0.381. The van der Waals surface area contributed by atoms with Crippen molar-refractivity contribution in [1.29, 1.82) is 0 Å². The van der Waals surface area contributed by atoms with Gasteiger partial charge in [0, 0.05) is 43.1 Å². The number of hydrogen-bond acceptors (Lipinski definition) is 8. The van der Waals surface area contributed by atoms with Gasteiger partial charge in [-0.3, -0.25) is 4.79 Å². The van der Waals surface area contributed by atoms with Crippen molar-refractivity contribution in [3.05, 3.63) is 42.4 Å². The number of nitrogens with zero attached hydrogens (tertiary/aromatic N) is 5. The van der Waals surface area contributed by atoms with Crippen LogP contribution in [0.2, 0.25) is 0 Å². The summed E-state index contributed by atoms with van der Waals surface area (Å²) >= 11 is 0. The van der Waals surface area contributed by atoms with E-state index in [0.29, 0.717) is 35.8 Å². The lowest BCUT2D eigenvalue weighted by Crippen LogP contribution is -2.42. The van der Waals surface area contributed by atoms with Gasteiger partial charge in [-0.05, 0) is 18.6 Å². The van der Waals surface area contributed by atoms with Crippen LogP contribution in [0.1, 0.15) is 22.8 Å². The molecule has 0 saturated carbocycles. The van der Waals surface area contributed by atoms with Crippen LogP contribution in [0.4, 0.5) is 10.2 Å². The predicted octanol–water partition coefficient (Wildman–Crippen LogP) is 1.58. The Morgan fingerprint density at radius 1 is 1.25 bits per heavy atom. The van der Waals surface area contributed by atoms with Gasteiger partial charge in [-0.15, -0.1) is 0 Å². The number of nitrogens with one attached hydrogen (secondary N) is 2. The largest absolute Gasteiger partial charge is 0.388 e. The van der Waals surface area contributed by atoms with Crippen molar-refractivity contribution < 1.29 is 23.8 Å². The number of amides is 1. The molecule has 4 aromatic rings. The van der Waals surface area contributed by atoms with Crippen LogP contribution in [-0.2, 0) is 9.47 Å². The molecule has 6 heterocycles. The fourth-order valence-electron chi connectivity index (χ4n) is 4.91. The molecule has 4 aromatic heterocycles. The second-order valence-corrected chi connectivity index (χ2v) is 9.03. The Bertz CT molecular complexity index is 1440. The number of carbonyl (C=O) groups is 1. The second-order valence-electron chi connectivity index (χ2n) is 9.03. The van der Waals surface area contributed by atoms with Crippen molar-refractivity contribution in [1.82, 2.24) is 29.5 Å². The van der Waals surface area contributed by atoms with Crippen LogP contribution < -0.4 is 10.6 Å². The first-order valence-electron chi connectivity index (χ1n) is 11.9. The lowest BCUT2D eigenvalue weighted by atomic mass is 10.1. The fourth-order valence-corrected chi connectivity index (χ4v) is 4.91. The van der Waals surface area contributed by atoms with Gasteiger partial charge >= 0.3 is 0 Å². The lowest BCUT2D eigenvalue weighted by Gasteiger charge is -2.27. The molecule has 2 aliphatic rings. The number of aliphatic hydroxyl groups is 1. The summed E-state index contributed by atoms with van der Waals surface area (Å²) < 4.78 is 28.8. The molecule has 2 saturated heterocycles. The van der Waals surface area contributed by atoms with E-state index in [1.165, 1.54) is 6.20 Å². The standard InChI is InChI=1S/C24H26FN7O4/c1-26-21-7-17(29-23-14(8-28-32(21)23)24(34)30-18-11-36-12-20(18)33)15-9-31(19-4-6-35-10-16(19)25)22-13(15)3-2-5-27-22/h2-3,5,7-9,16,18-20,26,33H,4,6,10-12H2,1H3,(H,30,34)/t16-,18?,19-,20?/m1/s1. The van der Waals surface area contributed by atoms with Gasteiger partial charge in [-0.1, -0.05) is 0 Å². The Kier molecular flexibility index (Phi) is 5.78. The zero-order valence-electron chi connectivity index (χ0n) is 19.6. The summed E-state index contributed by atoms with van der Waals surface area (Å²) in [4.78, 5) is 22.4. The molecule has 11 nitrogen and oxygen atoms in total. The molecular weight excluding hydrogens is 469 g/mol. The molecule has 36 heavy (non-hydrogen) atoms. The average Bonchev–Trinajstić information content (AvgIpc) is 3.61. The third-order valence-corrected chi connectivity index (χ3v) is 6.81. The number of anilines is 1. The van der Waals surface area contributed by atoms with Crippen LogP contribution in [0, 0.1) is 0 Å². The molecule has 0 bridgehead atoms. The van der Waals surface area contributed by atoms with Crippen molar-refractivity contribution in [2.75, 3.05) is 38.8 Å². The minimum atomic E-state index is -1.15. The summed E-state index contributed by atoms with van der Waals surface area (Å²) in [5.41, 5.74) is 2.63. The van der Waals surface area contributed by atoms with Gasteiger partial charge in [-0.2, -0.15) is 9.61 Å². The molecule has 3 N–H and O–H groups in total. The SMILES string of the molecule is CNc1cc(-c2cn([C@@H]3CCOC[C@H]3F)c3ncccc23)nc2c(C(=O)NC3COCC3O)cnn12. The Labute approximate surface area is 205 Å². The van der Waals surface area contributed by atoms with Crippen LogP contribution in [-0.4, -0.2) is 87.0 Å². The summed E-state index contributed by atoms with van der Waals surface area (Å²) in [6, 6.07) is 4.69. The van der Waals surface area contributed by atoms with E-state index in [1.807, 2.05) is 29.0 Å². The maximum atomic E-state index is 14.8. The Morgan fingerprint density at radius 2 is 2.14 bits per heavy atom. The molecule has 2 fully saturated rings. The molecule has 2 aliphatic heterocycles. The third-order valence-electron chi connectivity index (χ3n) is 6.81. The van der Waals surface area contributed by atoms with Crippen molar-refractivity contribution >= 4 is 28.4 Å². The van der Waals surface area contributed by atoms with Crippen molar-refractivity contribution in [3.63, 3.8) is 0 Å². The number of alkyl halides is 1. The lowest BCUT2D eigenvalue weighted by molar-refractivity contribution is 0.00443. The predicted molar refractivity (Wildman–Crippen MR) is 129 cm³/mol. The van der Waals surface area contributed by atoms with E-state index in [1.54, 1.807) is 17.8 Å². The number of ether oxygens (including phenoxy) is 2. The first kappa shape index (κ1) is 22.8. The van der Waals surface area contributed by atoms with Crippen LogP contribution in [0.5, 0.6) is 0 Å². The zero-order chi connectivity index (χ0) is 24.8. The molecule has 12 heteroatoms. The van der Waals surface area contributed by atoms with Gasteiger partial charge < -0.3 is 29.8 Å². The molecule has 6 rings (SSSR count). The Morgan fingerprint density at radius 3 is 2.92 bits per heavy atom. The molecule has 1 amide bonds. The zero-order valence-corrected chi connectivity index (χ0v) is 19.6. The average molecular weight is 496 g/mol. The summed E-state index contributed by atoms with van der Waals surface area (Å²) in [6.07, 6.45) is 3.64. The topological polar surface area (TPSA) is 128 Å². The molecule has 0 aromatic carbocycles. The highest BCUT2D eigenvalue weighted by atomic mass is 19.1. The van der Waals surface area contributed by atoms with E-state index >= 15 is 0 Å². The van der Waals surface area contributed by atoms with E-state index in [2.05, 4.69) is 20.7 Å². The molecule has 0 aliphatic carbocycles. The maximum Gasteiger partial charge on any atom is 0.257 e. The van der Waals surface area contributed by atoms with Gasteiger partial charge in [0.2, 0.25) is 0 Å². The van der Waals surface area contributed by atoms with Gasteiger partial charge in [0.15, 0.2) is 5.65 Å². The second kappa shape index (κ2) is 9.12. The van der Waals surface area contributed by atoms with Gasteiger partial charge in [0.05, 0.1) is 49.9 Å². The molecule has 4 atom stereocenters. The number of pyridine rings is 1. The van der Waals surface area contributed by atoms with Crippen LogP contribution in [0.3, 0.4) is 0 Å². The first-order valence-corrected chi connectivity index (χ1v) is 11.9. The molecule has 0 radical (unpaired) electrons. The molecule has 2 unspecified atom stereocenters. The van der Waals surface area contributed by atoms with Crippen LogP contribution in [0.25, 0.3) is 27.9 Å². The first-order chi connectivity index (χ1) is 17.5. The van der Waals surface area contributed by atoms with E-state index in [0.717, 1.165) is 10.9 Å². The number of rotatable bonds is 5. The van der Waals surface area contributed by atoms with Crippen LogP contribution in [0.15, 0.2) is 36.8 Å². The summed E-state index contributed by atoms with van der Waals surface area (Å²) in [5, 5.41) is 21.1. The minimum Gasteiger partial charge on any atom is -0.388 e. The molecular formula is C24H26FN7O4. The van der Waals surface area contributed by atoms with E-state index in [-0.39, 0.29) is 25.4 Å². The van der Waals surface area contributed by atoms with E-state index in [9.17, 15) is 14.3 Å². The Hall–Kier alpha value is -3.61. The van der Waals surface area contributed by atoms with Gasteiger partial charge in [0.1, 0.15) is 23.2 Å². The summed E-state index contributed by atoms with van der Waals surface area (Å²) in [6.45, 7) is 0.948.